The van der Waals surface area contributed by atoms with Gasteiger partial charge in [-0.25, -0.2) is 22.9 Å². The highest BCUT2D eigenvalue weighted by atomic mass is 32.2. The van der Waals surface area contributed by atoms with Crippen molar-refractivity contribution in [1.82, 2.24) is 18.8 Å². The van der Waals surface area contributed by atoms with Crippen LogP contribution in [0.4, 0.5) is 0 Å². The summed E-state index contributed by atoms with van der Waals surface area (Å²) < 4.78 is 35.1. The molecular formula is C17H22N4O5S. The summed E-state index contributed by atoms with van der Waals surface area (Å²) in [5.74, 6) is 0.455. The number of nitrogens with one attached hydrogen (secondary N) is 1. The van der Waals surface area contributed by atoms with Gasteiger partial charge in [-0.1, -0.05) is 0 Å². The van der Waals surface area contributed by atoms with Gasteiger partial charge in [0.25, 0.3) is 5.56 Å². The van der Waals surface area contributed by atoms with E-state index in [1.54, 1.807) is 18.3 Å². The molecule has 0 bridgehead atoms. The number of ether oxygens (including phenoxy) is 1. The molecule has 27 heavy (non-hydrogen) atoms. The first-order chi connectivity index (χ1) is 12.8. The van der Waals surface area contributed by atoms with Gasteiger partial charge < -0.3 is 9.30 Å². The largest absolute Gasteiger partial charge is 0.474 e. The lowest BCUT2D eigenvalue weighted by Crippen LogP contribution is -2.41. The van der Waals surface area contributed by atoms with Gasteiger partial charge in [-0.15, -0.1) is 0 Å². The van der Waals surface area contributed by atoms with Gasteiger partial charge in [-0.05, 0) is 37.3 Å². The van der Waals surface area contributed by atoms with Crippen molar-refractivity contribution in [1.29, 1.82) is 0 Å². The van der Waals surface area contributed by atoms with E-state index in [9.17, 15) is 18.0 Å². The molecule has 1 saturated carbocycles. The number of sulfonamides is 1. The third-order valence-electron chi connectivity index (χ3n) is 4.56. The molecule has 2 heterocycles. The lowest BCUT2D eigenvalue weighted by Gasteiger charge is -2.13. The van der Waals surface area contributed by atoms with Crippen LogP contribution in [-0.4, -0.2) is 28.6 Å². The summed E-state index contributed by atoms with van der Waals surface area (Å²) in [6.07, 6.45) is 6.99. The predicted octanol–water partition coefficient (Wildman–Crippen LogP) is 0.279. The van der Waals surface area contributed by atoms with E-state index in [1.165, 1.54) is 14.1 Å². The minimum atomic E-state index is -4.09. The Bertz CT molecular complexity index is 1050. The molecule has 1 N–H and O–H groups in total. The van der Waals surface area contributed by atoms with Crippen molar-refractivity contribution >= 4 is 10.0 Å². The SMILES string of the molecule is Cn1cc(S(=O)(=O)NCc2ccnc(OC3CCCC3)c2)c(=O)n(C)c1=O. The molecule has 10 heteroatoms. The topological polar surface area (TPSA) is 112 Å². The number of nitrogens with zero attached hydrogens (tertiary/aromatic N) is 3. The smallest absolute Gasteiger partial charge is 0.330 e. The van der Waals surface area contributed by atoms with Crippen molar-refractivity contribution < 1.29 is 13.2 Å². The van der Waals surface area contributed by atoms with Crippen LogP contribution in [0.15, 0.2) is 39.0 Å². The molecule has 1 aliphatic rings. The first-order valence-electron chi connectivity index (χ1n) is 8.66. The molecule has 0 spiro atoms. The summed E-state index contributed by atoms with van der Waals surface area (Å²) >= 11 is 0. The second kappa shape index (κ2) is 7.65. The maximum absolute atomic E-state index is 12.5. The van der Waals surface area contributed by atoms with Crippen molar-refractivity contribution in [3.8, 4) is 5.88 Å². The van der Waals surface area contributed by atoms with Gasteiger partial charge in [0, 0.05) is 39.1 Å². The average molecular weight is 394 g/mol. The van der Waals surface area contributed by atoms with E-state index in [1.807, 2.05) is 0 Å². The molecule has 0 amide bonds. The number of pyridine rings is 1. The van der Waals surface area contributed by atoms with Gasteiger partial charge in [0.15, 0.2) is 4.90 Å². The molecular weight excluding hydrogens is 372 g/mol. The molecule has 146 valence electrons. The summed E-state index contributed by atoms with van der Waals surface area (Å²) in [7, 11) is -1.47. The number of rotatable bonds is 6. The molecule has 3 rings (SSSR count). The average Bonchev–Trinajstić information content (AvgIpc) is 3.14. The van der Waals surface area contributed by atoms with Crippen molar-refractivity contribution in [2.45, 2.75) is 43.2 Å². The highest BCUT2D eigenvalue weighted by Gasteiger charge is 2.21. The first-order valence-corrected chi connectivity index (χ1v) is 10.1. The Hall–Kier alpha value is -2.46. The number of aryl methyl sites for hydroxylation is 1. The van der Waals surface area contributed by atoms with Crippen LogP contribution in [0.25, 0.3) is 0 Å². The van der Waals surface area contributed by atoms with Gasteiger partial charge in [0.1, 0.15) is 6.10 Å². The Morgan fingerprint density at radius 1 is 1.26 bits per heavy atom. The van der Waals surface area contributed by atoms with Crippen molar-refractivity contribution in [2.75, 3.05) is 0 Å². The predicted molar refractivity (Wildman–Crippen MR) is 98.1 cm³/mol. The molecule has 1 fully saturated rings. The maximum atomic E-state index is 12.5. The third-order valence-corrected chi connectivity index (χ3v) is 5.94. The van der Waals surface area contributed by atoms with Crippen molar-refractivity contribution in [3.63, 3.8) is 0 Å². The number of hydrogen-bond acceptors (Lipinski definition) is 6. The fourth-order valence-electron chi connectivity index (χ4n) is 3.02. The van der Waals surface area contributed by atoms with E-state index in [2.05, 4.69) is 9.71 Å². The zero-order chi connectivity index (χ0) is 19.6. The van der Waals surface area contributed by atoms with Crippen LogP contribution in [0, 0.1) is 0 Å². The van der Waals surface area contributed by atoms with Crippen LogP contribution in [0.2, 0.25) is 0 Å². The second-order valence-corrected chi connectivity index (χ2v) is 8.34. The summed E-state index contributed by atoms with van der Waals surface area (Å²) in [6, 6.07) is 3.35. The molecule has 2 aromatic heterocycles. The normalized spacial score (nSPS) is 15.2. The molecule has 9 nitrogen and oxygen atoms in total. The lowest BCUT2D eigenvalue weighted by atomic mass is 10.2. The van der Waals surface area contributed by atoms with E-state index < -0.39 is 26.2 Å². The van der Waals surface area contributed by atoms with Crippen molar-refractivity contribution in [2.24, 2.45) is 14.1 Å². The first kappa shape index (κ1) is 19.3. The number of aromatic nitrogens is 3. The summed E-state index contributed by atoms with van der Waals surface area (Å²) in [5, 5.41) is 0. The van der Waals surface area contributed by atoms with E-state index in [4.69, 9.17) is 4.74 Å². The Morgan fingerprint density at radius 3 is 2.67 bits per heavy atom. The van der Waals surface area contributed by atoms with Crippen LogP contribution in [0.5, 0.6) is 5.88 Å². The third kappa shape index (κ3) is 4.28. The van der Waals surface area contributed by atoms with Crippen molar-refractivity contribution in [3.05, 3.63) is 50.9 Å². The highest BCUT2D eigenvalue weighted by Crippen LogP contribution is 2.23. The molecule has 0 aromatic carbocycles. The summed E-state index contributed by atoms with van der Waals surface area (Å²) in [4.78, 5) is 27.5. The summed E-state index contributed by atoms with van der Waals surface area (Å²) in [5.41, 5.74) is -0.810. The highest BCUT2D eigenvalue weighted by molar-refractivity contribution is 7.89. The molecule has 0 atom stereocenters. The van der Waals surface area contributed by atoms with E-state index in [0.29, 0.717) is 11.4 Å². The van der Waals surface area contributed by atoms with Gasteiger partial charge in [0.05, 0.1) is 0 Å². The molecule has 1 aliphatic carbocycles. The Kier molecular flexibility index (Phi) is 5.47. The van der Waals surface area contributed by atoms with Crippen LogP contribution in [-0.2, 0) is 30.7 Å². The number of hydrogen-bond donors (Lipinski definition) is 1. The van der Waals surface area contributed by atoms with Gasteiger partial charge in [-0.3, -0.25) is 9.36 Å². The van der Waals surface area contributed by atoms with Gasteiger partial charge >= 0.3 is 5.69 Å². The van der Waals surface area contributed by atoms with Crippen LogP contribution in [0.3, 0.4) is 0 Å². The maximum Gasteiger partial charge on any atom is 0.330 e. The molecule has 0 saturated heterocycles. The van der Waals surface area contributed by atoms with Gasteiger partial charge in [-0.2, -0.15) is 0 Å². The molecule has 0 unspecified atom stereocenters. The quantitative estimate of drug-likeness (QED) is 0.753. The van der Waals surface area contributed by atoms with Crippen LogP contribution in [0.1, 0.15) is 31.2 Å². The fraction of sp³-hybridized carbons (Fsp3) is 0.471. The van der Waals surface area contributed by atoms with E-state index >= 15 is 0 Å². The molecule has 2 aromatic rings. The minimum absolute atomic E-state index is 0.0299. The standard InChI is InChI=1S/C17H22N4O5S/c1-20-11-14(16(22)21(2)17(20)23)27(24,25)19-10-12-7-8-18-15(9-12)26-13-5-3-4-6-13/h7-9,11,13,19H,3-6,10H2,1-2H3. The van der Waals surface area contributed by atoms with E-state index in [-0.39, 0.29) is 12.6 Å². The zero-order valence-corrected chi connectivity index (χ0v) is 16.0. The Morgan fingerprint density at radius 2 is 1.96 bits per heavy atom. The molecule has 0 radical (unpaired) electrons. The molecule has 0 aliphatic heterocycles. The lowest BCUT2D eigenvalue weighted by molar-refractivity contribution is 0.201. The Labute approximate surface area is 156 Å². The fourth-order valence-corrected chi connectivity index (χ4v) is 4.19. The monoisotopic (exact) mass is 394 g/mol. The summed E-state index contributed by atoms with van der Waals surface area (Å²) in [6.45, 7) is -0.0299. The Balaban J connectivity index is 1.76. The second-order valence-electron chi connectivity index (χ2n) is 6.60. The van der Waals surface area contributed by atoms with Crippen LogP contribution >= 0.6 is 0 Å². The minimum Gasteiger partial charge on any atom is -0.474 e. The zero-order valence-electron chi connectivity index (χ0n) is 15.2. The van der Waals surface area contributed by atoms with Gasteiger partial charge in [0.2, 0.25) is 15.9 Å². The van der Waals surface area contributed by atoms with E-state index in [0.717, 1.165) is 41.0 Å². The van der Waals surface area contributed by atoms with Crippen LogP contribution < -0.4 is 20.7 Å².